The van der Waals surface area contributed by atoms with Gasteiger partial charge < -0.3 is 14.7 Å². The predicted molar refractivity (Wildman–Crippen MR) is 79.9 cm³/mol. The first-order valence-corrected chi connectivity index (χ1v) is 7.56. The number of hydrogen-bond acceptors (Lipinski definition) is 4. The summed E-state index contributed by atoms with van der Waals surface area (Å²) in [6.07, 6.45) is 2.41. The molecule has 23 heavy (non-hydrogen) atoms. The molecule has 0 bridgehead atoms. The molecule has 3 rings (SSSR count). The molecule has 7 heteroatoms. The second-order valence-corrected chi connectivity index (χ2v) is 5.51. The summed E-state index contributed by atoms with van der Waals surface area (Å²) in [6.45, 7) is 3.48. The molecule has 5 nitrogen and oxygen atoms in total. The number of carbonyl (C=O) groups excluding carboxylic acids is 1. The Kier molecular flexibility index (Phi) is 4.66. The number of hydrogen-bond donors (Lipinski definition) is 1. The maximum atomic E-state index is 13.2. The van der Waals surface area contributed by atoms with Crippen molar-refractivity contribution in [3.8, 4) is 11.3 Å². The number of halogens is 2. The molecule has 0 unspecified atom stereocenters. The van der Waals surface area contributed by atoms with Gasteiger partial charge in [0.2, 0.25) is 0 Å². The van der Waals surface area contributed by atoms with Crippen molar-refractivity contribution in [2.45, 2.75) is 12.8 Å². The maximum absolute atomic E-state index is 13.2. The lowest BCUT2D eigenvalue weighted by Crippen LogP contribution is -2.33. The van der Waals surface area contributed by atoms with Gasteiger partial charge in [-0.3, -0.25) is 4.79 Å². The van der Waals surface area contributed by atoms with Crippen LogP contribution in [0.15, 0.2) is 28.8 Å². The highest BCUT2D eigenvalue weighted by Gasteiger charge is 2.16. The van der Waals surface area contributed by atoms with Crippen LogP contribution in [0.3, 0.4) is 0 Å². The highest BCUT2D eigenvalue weighted by atomic mass is 19.2. The number of nitrogens with zero attached hydrogens (tertiary/aromatic N) is 2. The zero-order valence-corrected chi connectivity index (χ0v) is 12.5. The molecule has 122 valence electrons. The van der Waals surface area contributed by atoms with Gasteiger partial charge in [0.25, 0.3) is 5.91 Å². The first-order valence-electron chi connectivity index (χ1n) is 7.56. The number of likely N-dealkylation sites (tertiary alicyclic amines) is 1. The van der Waals surface area contributed by atoms with Gasteiger partial charge in [-0.05, 0) is 44.1 Å². The van der Waals surface area contributed by atoms with E-state index < -0.39 is 11.6 Å². The summed E-state index contributed by atoms with van der Waals surface area (Å²) >= 11 is 0. The van der Waals surface area contributed by atoms with Gasteiger partial charge in [-0.2, -0.15) is 0 Å². The van der Waals surface area contributed by atoms with Crippen molar-refractivity contribution in [3.63, 3.8) is 0 Å². The third kappa shape index (κ3) is 3.73. The number of nitrogens with one attached hydrogen (secondary N) is 1. The summed E-state index contributed by atoms with van der Waals surface area (Å²) < 4.78 is 31.2. The Morgan fingerprint density at radius 1 is 1.22 bits per heavy atom. The molecular formula is C16H17F2N3O2. The van der Waals surface area contributed by atoms with E-state index in [0.29, 0.717) is 12.1 Å². The van der Waals surface area contributed by atoms with Gasteiger partial charge in [0.1, 0.15) is 0 Å². The summed E-state index contributed by atoms with van der Waals surface area (Å²) in [5.41, 5.74) is 0.443. The lowest BCUT2D eigenvalue weighted by Gasteiger charge is -2.14. The van der Waals surface area contributed by atoms with Crippen LogP contribution in [0.5, 0.6) is 0 Å². The minimum Gasteiger partial charge on any atom is -0.355 e. The number of carbonyl (C=O) groups is 1. The maximum Gasteiger partial charge on any atom is 0.273 e. The van der Waals surface area contributed by atoms with Crippen molar-refractivity contribution in [1.82, 2.24) is 15.4 Å². The second kappa shape index (κ2) is 6.87. The van der Waals surface area contributed by atoms with E-state index in [4.69, 9.17) is 4.52 Å². The van der Waals surface area contributed by atoms with E-state index in [-0.39, 0.29) is 17.4 Å². The minimum absolute atomic E-state index is 0.117. The molecule has 1 aromatic carbocycles. The van der Waals surface area contributed by atoms with Crippen molar-refractivity contribution < 1.29 is 18.1 Å². The van der Waals surface area contributed by atoms with Gasteiger partial charge in [-0.25, -0.2) is 8.78 Å². The van der Waals surface area contributed by atoms with E-state index in [2.05, 4.69) is 15.4 Å². The molecule has 0 radical (unpaired) electrons. The fourth-order valence-electron chi connectivity index (χ4n) is 2.59. The molecule has 1 fully saturated rings. The number of benzene rings is 1. The van der Waals surface area contributed by atoms with E-state index in [0.717, 1.165) is 31.8 Å². The largest absolute Gasteiger partial charge is 0.355 e. The number of aromatic nitrogens is 1. The van der Waals surface area contributed by atoms with Crippen molar-refractivity contribution in [2.24, 2.45) is 0 Å². The molecule has 1 aliphatic rings. The topological polar surface area (TPSA) is 58.4 Å². The van der Waals surface area contributed by atoms with Crippen LogP contribution in [-0.2, 0) is 0 Å². The monoisotopic (exact) mass is 321 g/mol. The first kappa shape index (κ1) is 15.6. The Bertz CT molecular complexity index is 696. The molecule has 0 spiro atoms. The van der Waals surface area contributed by atoms with E-state index in [1.54, 1.807) is 0 Å². The minimum atomic E-state index is -0.976. The van der Waals surface area contributed by atoms with Gasteiger partial charge in [0, 0.05) is 24.7 Å². The van der Waals surface area contributed by atoms with E-state index in [1.165, 1.54) is 25.0 Å². The van der Waals surface area contributed by atoms with Crippen molar-refractivity contribution >= 4 is 5.91 Å². The van der Waals surface area contributed by atoms with E-state index in [1.807, 2.05) is 0 Å². The van der Waals surface area contributed by atoms with E-state index >= 15 is 0 Å². The molecule has 2 aromatic rings. The zero-order chi connectivity index (χ0) is 16.2. The quantitative estimate of drug-likeness (QED) is 0.919. The average Bonchev–Trinajstić information content (AvgIpc) is 3.21. The van der Waals surface area contributed by atoms with Crippen LogP contribution in [-0.4, -0.2) is 42.1 Å². The van der Waals surface area contributed by atoms with Crippen molar-refractivity contribution in [2.75, 3.05) is 26.2 Å². The first-order chi connectivity index (χ1) is 11.1. The van der Waals surface area contributed by atoms with Gasteiger partial charge >= 0.3 is 0 Å². The third-order valence-electron chi connectivity index (χ3n) is 3.86. The smallest absolute Gasteiger partial charge is 0.273 e. The lowest BCUT2D eigenvalue weighted by molar-refractivity contribution is 0.0941. The lowest BCUT2D eigenvalue weighted by atomic mass is 10.1. The SMILES string of the molecule is O=C(NCCN1CCCC1)c1cc(-c2ccc(F)c(F)c2)on1. The Balaban J connectivity index is 1.59. The zero-order valence-electron chi connectivity index (χ0n) is 12.5. The van der Waals surface area contributed by atoms with Crippen LogP contribution in [0.1, 0.15) is 23.3 Å². The number of amides is 1. The van der Waals surface area contributed by atoms with Gasteiger partial charge in [0.05, 0.1) is 0 Å². The van der Waals surface area contributed by atoms with Crippen molar-refractivity contribution in [1.29, 1.82) is 0 Å². The summed E-state index contributed by atoms with van der Waals surface area (Å²) in [4.78, 5) is 14.3. The normalized spacial score (nSPS) is 15.0. The van der Waals surface area contributed by atoms with Gasteiger partial charge in [-0.15, -0.1) is 0 Å². The van der Waals surface area contributed by atoms with Crippen LogP contribution in [0.4, 0.5) is 8.78 Å². The molecule has 2 heterocycles. The van der Waals surface area contributed by atoms with Crippen LogP contribution >= 0.6 is 0 Å². The number of rotatable bonds is 5. The third-order valence-corrected chi connectivity index (χ3v) is 3.86. The molecule has 1 aliphatic heterocycles. The van der Waals surface area contributed by atoms with Gasteiger partial charge in [-0.1, -0.05) is 5.16 Å². The van der Waals surface area contributed by atoms with Crippen molar-refractivity contribution in [3.05, 3.63) is 41.6 Å². The van der Waals surface area contributed by atoms with Crippen LogP contribution in [0, 0.1) is 11.6 Å². The Hall–Kier alpha value is -2.28. The second-order valence-electron chi connectivity index (χ2n) is 5.51. The van der Waals surface area contributed by atoms with Crippen LogP contribution < -0.4 is 5.32 Å². The Morgan fingerprint density at radius 3 is 2.74 bits per heavy atom. The standard InChI is InChI=1S/C16H17F2N3O2/c17-12-4-3-11(9-13(12)18)15-10-14(20-23-15)16(22)19-5-8-21-6-1-2-7-21/h3-4,9-10H,1-2,5-8H2,(H,19,22). The molecule has 0 saturated carbocycles. The molecule has 0 atom stereocenters. The Morgan fingerprint density at radius 2 is 2.00 bits per heavy atom. The Labute approximate surface area is 132 Å². The highest BCUT2D eigenvalue weighted by Crippen LogP contribution is 2.22. The summed E-state index contributed by atoms with van der Waals surface area (Å²) in [6, 6.07) is 4.79. The van der Waals surface area contributed by atoms with Crippen LogP contribution in [0.2, 0.25) is 0 Å². The average molecular weight is 321 g/mol. The molecule has 1 saturated heterocycles. The summed E-state index contributed by atoms with van der Waals surface area (Å²) in [5, 5.41) is 6.45. The molecule has 1 amide bonds. The molecule has 0 aliphatic carbocycles. The summed E-state index contributed by atoms with van der Waals surface area (Å²) in [5.74, 6) is -2.04. The highest BCUT2D eigenvalue weighted by molar-refractivity contribution is 5.93. The van der Waals surface area contributed by atoms with Crippen LogP contribution in [0.25, 0.3) is 11.3 Å². The molecule has 1 aromatic heterocycles. The molecular weight excluding hydrogens is 304 g/mol. The molecule has 1 N–H and O–H groups in total. The predicted octanol–water partition coefficient (Wildman–Crippen LogP) is 2.45. The fourth-order valence-corrected chi connectivity index (χ4v) is 2.59. The fraction of sp³-hybridized carbons (Fsp3) is 0.375. The summed E-state index contributed by atoms with van der Waals surface area (Å²) in [7, 11) is 0. The van der Waals surface area contributed by atoms with E-state index in [9.17, 15) is 13.6 Å². The van der Waals surface area contributed by atoms with Gasteiger partial charge in [0.15, 0.2) is 23.1 Å².